The zero-order valence-corrected chi connectivity index (χ0v) is 11.8. The molecule has 0 aliphatic rings. The molecule has 0 unspecified atom stereocenters. The minimum Gasteiger partial charge on any atom is -0.313 e. The van der Waals surface area contributed by atoms with Crippen LogP contribution < -0.4 is 5.32 Å². The highest BCUT2D eigenvalue weighted by atomic mass is 15.3. The van der Waals surface area contributed by atoms with Crippen molar-refractivity contribution in [3.8, 4) is 0 Å². The molecule has 17 heavy (non-hydrogen) atoms. The first-order chi connectivity index (χ1) is 7.89. The Bertz CT molecular complexity index is 322. The molecule has 0 aromatic carbocycles. The van der Waals surface area contributed by atoms with E-state index in [0.29, 0.717) is 0 Å². The van der Waals surface area contributed by atoms with Crippen molar-refractivity contribution in [2.24, 2.45) is 0 Å². The number of nitrogens with zero attached hydrogens (tertiary/aromatic N) is 3. The van der Waals surface area contributed by atoms with Gasteiger partial charge in [-0.3, -0.25) is 4.68 Å². The maximum atomic E-state index is 4.38. The van der Waals surface area contributed by atoms with Crippen LogP contribution in [0.2, 0.25) is 0 Å². The molecule has 4 nitrogen and oxygen atoms in total. The molecule has 0 spiro atoms. The van der Waals surface area contributed by atoms with Crippen LogP contribution in [0.3, 0.4) is 0 Å². The van der Waals surface area contributed by atoms with E-state index in [9.17, 15) is 0 Å². The minimum atomic E-state index is 0.0726. The predicted octanol–water partition coefficient (Wildman–Crippen LogP) is 1.68. The average molecular weight is 238 g/mol. The Balaban J connectivity index is 2.26. The number of nitrogens with one attached hydrogen (secondary N) is 1. The van der Waals surface area contributed by atoms with Gasteiger partial charge in [0.2, 0.25) is 0 Å². The van der Waals surface area contributed by atoms with Crippen molar-refractivity contribution in [2.75, 3.05) is 27.2 Å². The molecular formula is C13H26N4. The Kier molecular flexibility index (Phi) is 5.15. The first-order valence-electron chi connectivity index (χ1n) is 6.29. The quantitative estimate of drug-likeness (QED) is 0.766. The van der Waals surface area contributed by atoms with Crippen LogP contribution in [0, 0.1) is 0 Å². The zero-order chi connectivity index (χ0) is 12.9. The number of hydrogen-bond acceptors (Lipinski definition) is 3. The van der Waals surface area contributed by atoms with Crippen LogP contribution in [0.25, 0.3) is 0 Å². The van der Waals surface area contributed by atoms with Crippen molar-refractivity contribution in [2.45, 2.75) is 39.3 Å². The molecule has 0 aliphatic carbocycles. The Morgan fingerprint density at radius 3 is 2.59 bits per heavy atom. The Hall–Kier alpha value is -0.870. The second-order valence-corrected chi connectivity index (χ2v) is 5.80. The predicted molar refractivity (Wildman–Crippen MR) is 72.1 cm³/mol. The molecule has 0 aliphatic heterocycles. The maximum absolute atomic E-state index is 4.38. The number of rotatable bonds is 6. The van der Waals surface area contributed by atoms with Crippen LogP contribution in [-0.2, 0) is 12.1 Å². The highest BCUT2D eigenvalue weighted by molar-refractivity contribution is 5.04. The van der Waals surface area contributed by atoms with Gasteiger partial charge >= 0.3 is 0 Å². The van der Waals surface area contributed by atoms with Crippen LogP contribution in [0.5, 0.6) is 0 Å². The summed E-state index contributed by atoms with van der Waals surface area (Å²) in [6.07, 6.45) is 5.25. The zero-order valence-electron chi connectivity index (χ0n) is 11.8. The summed E-state index contributed by atoms with van der Waals surface area (Å²) in [7, 11) is 4.21. The molecule has 98 valence electrons. The molecule has 0 saturated carbocycles. The van der Waals surface area contributed by atoms with Gasteiger partial charge in [0, 0.05) is 18.3 Å². The van der Waals surface area contributed by atoms with Crippen LogP contribution in [0.15, 0.2) is 12.4 Å². The summed E-state index contributed by atoms with van der Waals surface area (Å²) in [4.78, 5) is 2.21. The second-order valence-electron chi connectivity index (χ2n) is 5.80. The van der Waals surface area contributed by atoms with Gasteiger partial charge in [-0.1, -0.05) is 0 Å². The molecule has 0 radical (unpaired) electrons. The van der Waals surface area contributed by atoms with Gasteiger partial charge in [-0.25, -0.2) is 0 Å². The van der Waals surface area contributed by atoms with E-state index in [1.165, 1.54) is 12.0 Å². The van der Waals surface area contributed by atoms with Gasteiger partial charge < -0.3 is 10.2 Å². The highest BCUT2D eigenvalue weighted by Crippen LogP contribution is 2.12. The molecular weight excluding hydrogens is 212 g/mol. The summed E-state index contributed by atoms with van der Waals surface area (Å²) in [5, 5.41) is 7.82. The summed E-state index contributed by atoms with van der Waals surface area (Å²) >= 11 is 0. The highest BCUT2D eigenvalue weighted by Gasteiger charge is 2.13. The molecule has 1 N–H and O–H groups in total. The molecule has 1 aromatic rings. The monoisotopic (exact) mass is 238 g/mol. The fourth-order valence-electron chi connectivity index (χ4n) is 1.57. The molecule has 0 amide bonds. The topological polar surface area (TPSA) is 33.1 Å². The van der Waals surface area contributed by atoms with Gasteiger partial charge in [-0.05, 0) is 54.4 Å². The van der Waals surface area contributed by atoms with Crippen LogP contribution in [0.4, 0.5) is 0 Å². The molecule has 4 heteroatoms. The van der Waals surface area contributed by atoms with Crippen molar-refractivity contribution in [1.29, 1.82) is 0 Å². The van der Waals surface area contributed by atoms with Gasteiger partial charge in [0.1, 0.15) is 0 Å². The third-order valence-electron chi connectivity index (χ3n) is 2.61. The van der Waals surface area contributed by atoms with Crippen molar-refractivity contribution < 1.29 is 0 Å². The van der Waals surface area contributed by atoms with E-state index in [0.717, 1.165) is 19.6 Å². The van der Waals surface area contributed by atoms with Crippen molar-refractivity contribution >= 4 is 0 Å². The van der Waals surface area contributed by atoms with Gasteiger partial charge in [0.15, 0.2) is 0 Å². The first-order valence-corrected chi connectivity index (χ1v) is 6.29. The molecule has 0 fully saturated rings. The van der Waals surface area contributed by atoms with Crippen LogP contribution in [-0.4, -0.2) is 41.9 Å². The van der Waals surface area contributed by atoms with E-state index in [-0.39, 0.29) is 5.54 Å². The van der Waals surface area contributed by atoms with E-state index < -0.39 is 0 Å². The Labute approximate surface area is 105 Å². The van der Waals surface area contributed by atoms with E-state index >= 15 is 0 Å². The fourth-order valence-corrected chi connectivity index (χ4v) is 1.57. The normalized spacial score (nSPS) is 12.4. The fraction of sp³-hybridized carbons (Fsp3) is 0.769. The summed E-state index contributed by atoms with van der Waals surface area (Å²) in [6.45, 7) is 9.58. The second kappa shape index (κ2) is 6.17. The molecule has 0 atom stereocenters. The third kappa shape index (κ3) is 5.33. The van der Waals surface area contributed by atoms with E-state index in [1.807, 2.05) is 10.9 Å². The SMILES string of the molecule is CN(C)CCCNCc1cnn(C(C)(C)C)c1. The molecule has 1 rings (SSSR count). The summed E-state index contributed by atoms with van der Waals surface area (Å²) in [6, 6.07) is 0. The Morgan fingerprint density at radius 1 is 1.35 bits per heavy atom. The van der Waals surface area contributed by atoms with Gasteiger partial charge in [0.25, 0.3) is 0 Å². The van der Waals surface area contributed by atoms with Crippen molar-refractivity contribution in [3.63, 3.8) is 0 Å². The van der Waals surface area contributed by atoms with Crippen molar-refractivity contribution in [1.82, 2.24) is 20.0 Å². The molecule has 0 bridgehead atoms. The van der Waals surface area contributed by atoms with Crippen LogP contribution >= 0.6 is 0 Å². The van der Waals surface area contributed by atoms with Gasteiger partial charge in [-0.2, -0.15) is 5.10 Å². The average Bonchev–Trinajstić information content (AvgIpc) is 2.64. The molecule has 0 saturated heterocycles. The van der Waals surface area contributed by atoms with Gasteiger partial charge in [0.05, 0.1) is 11.7 Å². The lowest BCUT2D eigenvalue weighted by molar-refractivity contribution is 0.355. The standard InChI is InChI=1S/C13H26N4/c1-13(2,3)17-11-12(10-15-17)9-14-7-6-8-16(4)5/h10-11,14H,6-9H2,1-5H3. The third-order valence-corrected chi connectivity index (χ3v) is 2.61. The summed E-state index contributed by atoms with van der Waals surface area (Å²) in [5.41, 5.74) is 1.33. The summed E-state index contributed by atoms with van der Waals surface area (Å²) < 4.78 is 2.02. The number of aromatic nitrogens is 2. The van der Waals surface area contributed by atoms with E-state index in [2.05, 4.69) is 56.4 Å². The Morgan fingerprint density at radius 2 is 2.06 bits per heavy atom. The largest absolute Gasteiger partial charge is 0.313 e. The first kappa shape index (κ1) is 14.2. The van der Waals surface area contributed by atoms with Crippen LogP contribution in [0.1, 0.15) is 32.8 Å². The lowest BCUT2D eigenvalue weighted by Crippen LogP contribution is -2.22. The molecule has 1 heterocycles. The summed E-state index contributed by atoms with van der Waals surface area (Å²) in [5.74, 6) is 0. The van der Waals surface area contributed by atoms with E-state index in [4.69, 9.17) is 0 Å². The minimum absolute atomic E-state index is 0.0726. The lowest BCUT2D eigenvalue weighted by Gasteiger charge is -2.18. The lowest BCUT2D eigenvalue weighted by atomic mass is 10.1. The van der Waals surface area contributed by atoms with E-state index in [1.54, 1.807) is 0 Å². The maximum Gasteiger partial charge on any atom is 0.0543 e. The number of hydrogen-bond donors (Lipinski definition) is 1. The van der Waals surface area contributed by atoms with Crippen molar-refractivity contribution in [3.05, 3.63) is 18.0 Å². The molecule has 1 aromatic heterocycles. The van der Waals surface area contributed by atoms with Gasteiger partial charge in [-0.15, -0.1) is 0 Å². The smallest absolute Gasteiger partial charge is 0.0543 e.